The van der Waals surface area contributed by atoms with Crippen LogP contribution in [0.4, 0.5) is 0 Å². The van der Waals surface area contributed by atoms with Crippen molar-refractivity contribution in [2.45, 2.75) is 63.4 Å². The van der Waals surface area contributed by atoms with E-state index in [0.29, 0.717) is 17.9 Å². The van der Waals surface area contributed by atoms with Gasteiger partial charge in [0.25, 0.3) is 5.91 Å². The third-order valence-corrected chi connectivity index (χ3v) is 7.16. The van der Waals surface area contributed by atoms with Gasteiger partial charge in [0.1, 0.15) is 5.76 Å². The molecule has 0 saturated heterocycles. The molecule has 3 rings (SSSR count). The maximum absolute atomic E-state index is 12.7. The van der Waals surface area contributed by atoms with Gasteiger partial charge >= 0.3 is 5.97 Å². The molecule has 1 aliphatic carbocycles. The van der Waals surface area contributed by atoms with Crippen LogP contribution in [0.2, 0.25) is 0 Å². The minimum Gasteiger partial charge on any atom is -0.468 e. The zero-order valence-electron chi connectivity index (χ0n) is 18.5. The Balaban J connectivity index is 1.65. The van der Waals surface area contributed by atoms with Crippen molar-refractivity contribution < 1.29 is 27.2 Å². The highest BCUT2D eigenvalue weighted by molar-refractivity contribution is 7.89. The Morgan fingerprint density at radius 1 is 1.19 bits per heavy atom. The van der Waals surface area contributed by atoms with Crippen LogP contribution in [0.3, 0.4) is 0 Å². The zero-order chi connectivity index (χ0) is 23.1. The van der Waals surface area contributed by atoms with Crippen molar-refractivity contribution in [3.05, 3.63) is 53.5 Å². The molecule has 0 spiro atoms. The number of carbonyl (C=O) groups excluding carboxylic acids is 2. The van der Waals surface area contributed by atoms with Crippen LogP contribution in [0.15, 0.2) is 45.9 Å². The van der Waals surface area contributed by atoms with Gasteiger partial charge in [-0.05, 0) is 56.5 Å². The molecule has 1 amide bonds. The molecule has 1 N–H and O–H groups in total. The predicted octanol–water partition coefficient (Wildman–Crippen LogP) is 3.40. The van der Waals surface area contributed by atoms with Gasteiger partial charge in [0, 0.05) is 12.6 Å². The quantitative estimate of drug-likeness (QED) is 0.573. The minimum absolute atomic E-state index is 0.00842. The van der Waals surface area contributed by atoms with E-state index in [1.807, 2.05) is 6.92 Å². The zero-order valence-corrected chi connectivity index (χ0v) is 19.3. The van der Waals surface area contributed by atoms with Crippen molar-refractivity contribution in [3.8, 4) is 0 Å². The Morgan fingerprint density at radius 3 is 2.59 bits per heavy atom. The summed E-state index contributed by atoms with van der Waals surface area (Å²) in [6.07, 6.45) is 6.78. The number of carbonyl (C=O) groups is 2. The number of hydrogen-bond donors (Lipinski definition) is 1. The fraction of sp³-hybridized carbons (Fsp3) is 0.478. The van der Waals surface area contributed by atoms with Crippen LogP contribution in [-0.2, 0) is 26.1 Å². The lowest BCUT2D eigenvalue weighted by Crippen LogP contribution is -2.43. The number of ether oxygens (including phenoxy) is 1. The number of sulfonamides is 1. The predicted molar refractivity (Wildman–Crippen MR) is 118 cm³/mol. The van der Waals surface area contributed by atoms with E-state index in [1.165, 1.54) is 24.8 Å². The second kappa shape index (κ2) is 10.8. The highest BCUT2D eigenvalue weighted by Crippen LogP contribution is 2.23. The Bertz CT molecular complexity index is 1030. The fourth-order valence-electron chi connectivity index (χ4n) is 3.97. The highest BCUT2D eigenvalue weighted by atomic mass is 32.2. The maximum Gasteiger partial charge on any atom is 0.338 e. The van der Waals surface area contributed by atoms with E-state index in [1.54, 1.807) is 30.0 Å². The molecular formula is C23H30N2O6S. The second-order valence-electron chi connectivity index (χ2n) is 7.93. The van der Waals surface area contributed by atoms with E-state index in [0.717, 1.165) is 25.7 Å². The molecular weight excluding hydrogens is 432 g/mol. The standard InChI is InChI=1S/C23H30N2O6S/c1-3-25(18-8-5-4-6-9-18)22(26)16-31-23(27)21-14-20(12-11-17(21)2)32(28,29)24-15-19-10-7-13-30-19/h7,10-14,18,24H,3-6,8-9,15-16H2,1-2H3. The van der Waals surface area contributed by atoms with Gasteiger partial charge in [-0.1, -0.05) is 25.3 Å². The summed E-state index contributed by atoms with van der Waals surface area (Å²) in [6.45, 7) is 3.80. The van der Waals surface area contributed by atoms with Crippen LogP contribution < -0.4 is 4.72 Å². The number of nitrogens with zero attached hydrogens (tertiary/aromatic N) is 1. The first-order chi connectivity index (χ1) is 15.3. The van der Waals surface area contributed by atoms with E-state index in [9.17, 15) is 18.0 Å². The molecule has 0 atom stereocenters. The van der Waals surface area contributed by atoms with Crippen LogP contribution in [0.5, 0.6) is 0 Å². The monoisotopic (exact) mass is 462 g/mol. The van der Waals surface area contributed by atoms with Crippen LogP contribution in [0.1, 0.15) is 60.7 Å². The van der Waals surface area contributed by atoms with Crippen LogP contribution in [0, 0.1) is 6.92 Å². The molecule has 1 fully saturated rings. The number of amides is 1. The molecule has 0 bridgehead atoms. The molecule has 2 aromatic rings. The summed E-state index contributed by atoms with van der Waals surface area (Å²) in [4.78, 5) is 27.0. The number of hydrogen-bond acceptors (Lipinski definition) is 6. The molecule has 9 heteroatoms. The van der Waals surface area contributed by atoms with Crippen molar-refractivity contribution in [2.75, 3.05) is 13.2 Å². The molecule has 1 saturated carbocycles. The molecule has 8 nitrogen and oxygen atoms in total. The first-order valence-corrected chi connectivity index (χ1v) is 12.4. The number of esters is 1. The smallest absolute Gasteiger partial charge is 0.338 e. The van der Waals surface area contributed by atoms with Crippen molar-refractivity contribution in [1.29, 1.82) is 0 Å². The van der Waals surface area contributed by atoms with Crippen molar-refractivity contribution >= 4 is 21.9 Å². The average molecular weight is 463 g/mol. The Morgan fingerprint density at radius 2 is 1.94 bits per heavy atom. The van der Waals surface area contributed by atoms with Crippen molar-refractivity contribution in [3.63, 3.8) is 0 Å². The van der Waals surface area contributed by atoms with Crippen molar-refractivity contribution in [1.82, 2.24) is 9.62 Å². The Kier molecular flexibility index (Phi) is 8.09. The minimum atomic E-state index is -3.87. The van der Waals surface area contributed by atoms with Crippen molar-refractivity contribution in [2.24, 2.45) is 0 Å². The molecule has 1 aromatic heterocycles. The van der Waals surface area contributed by atoms with Crippen LogP contribution >= 0.6 is 0 Å². The summed E-state index contributed by atoms with van der Waals surface area (Å²) in [7, 11) is -3.87. The molecule has 1 heterocycles. The van der Waals surface area contributed by atoms with Gasteiger partial charge in [0.2, 0.25) is 10.0 Å². The summed E-state index contributed by atoms with van der Waals surface area (Å²) in [5, 5.41) is 0. The van der Waals surface area contributed by atoms with Gasteiger partial charge < -0.3 is 14.1 Å². The van der Waals surface area contributed by atoms with E-state index in [4.69, 9.17) is 9.15 Å². The first-order valence-electron chi connectivity index (χ1n) is 10.9. The summed E-state index contributed by atoms with van der Waals surface area (Å²) < 4.78 is 38.1. The molecule has 0 radical (unpaired) electrons. The molecule has 1 aromatic carbocycles. The molecule has 0 aliphatic heterocycles. The molecule has 0 unspecified atom stereocenters. The Hall–Kier alpha value is -2.65. The number of furan rings is 1. The van der Waals surface area contributed by atoms with Gasteiger partial charge in [-0.25, -0.2) is 17.9 Å². The van der Waals surface area contributed by atoms with Crippen LogP contribution in [0.25, 0.3) is 0 Å². The SMILES string of the molecule is CCN(C(=O)COC(=O)c1cc(S(=O)(=O)NCc2ccco2)ccc1C)C1CCCCC1. The number of rotatable bonds is 9. The second-order valence-corrected chi connectivity index (χ2v) is 9.70. The van der Waals surface area contributed by atoms with E-state index < -0.39 is 16.0 Å². The lowest BCUT2D eigenvalue weighted by Gasteiger charge is -2.33. The van der Waals surface area contributed by atoms with Gasteiger partial charge in [0.05, 0.1) is 23.3 Å². The van der Waals surface area contributed by atoms with Gasteiger partial charge in [-0.3, -0.25) is 4.79 Å². The maximum atomic E-state index is 12.7. The molecule has 32 heavy (non-hydrogen) atoms. The average Bonchev–Trinajstić information content (AvgIpc) is 3.31. The number of nitrogens with one attached hydrogen (secondary N) is 1. The molecule has 174 valence electrons. The summed E-state index contributed by atoms with van der Waals surface area (Å²) in [5.74, 6) is -0.481. The lowest BCUT2D eigenvalue weighted by molar-refractivity contribution is -0.137. The number of aryl methyl sites for hydroxylation is 1. The van der Waals surface area contributed by atoms with E-state index >= 15 is 0 Å². The number of likely N-dealkylation sites (N-methyl/N-ethyl adjacent to an activating group) is 1. The molecule has 1 aliphatic rings. The topological polar surface area (TPSA) is 106 Å². The van der Waals surface area contributed by atoms with Gasteiger partial charge in [-0.2, -0.15) is 0 Å². The first kappa shape index (κ1) is 24.0. The van der Waals surface area contributed by atoms with Gasteiger partial charge in [-0.15, -0.1) is 0 Å². The summed E-state index contributed by atoms with van der Waals surface area (Å²) in [6, 6.07) is 7.74. The fourth-order valence-corrected chi connectivity index (χ4v) is 4.99. The summed E-state index contributed by atoms with van der Waals surface area (Å²) in [5.41, 5.74) is 0.673. The third kappa shape index (κ3) is 5.98. The lowest BCUT2D eigenvalue weighted by atomic mass is 9.94. The van der Waals surface area contributed by atoms with E-state index in [-0.39, 0.29) is 35.6 Å². The van der Waals surface area contributed by atoms with E-state index in [2.05, 4.69) is 4.72 Å². The third-order valence-electron chi connectivity index (χ3n) is 5.76. The normalized spacial score (nSPS) is 14.8. The van der Waals surface area contributed by atoms with Gasteiger partial charge in [0.15, 0.2) is 6.61 Å². The number of benzene rings is 1. The largest absolute Gasteiger partial charge is 0.468 e. The Labute approximate surface area is 189 Å². The highest BCUT2D eigenvalue weighted by Gasteiger charge is 2.25. The summed E-state index contributed by atoms with van der Waals surface area (Å²) >= 11 is 0. The van der Waals surface area contributed by atoms with Crippen LogP contribution in [-0.4, -0.2) is 44.4 Å².